The molecule has 4 heteroatoms. The molecule has 1 aromatic rings. The molecule has 1 amide bonds. The Labute approximate surface area is 132 Å². The Hall–Kier alpha value is -1.55. The quantitative estimate of drug-likeness (QED) is 0.933. The van der Waals surface area contributed by atoms with E-state index in [4.69, 9.17) is 4.74 Å². The third-order valence-corrected chi connectivity index (χ3v) is 5.80. The molecule has 120 valence electrons. The van der Waals surface area contributed by atoms with Crippen LogP contribution in [0.25, 0.3) is 0 Å². The van der Waals surface area contributed by atoms with Crippen LogP contribution in [0.15, 0.2) is 24.3 Å². The van der Waals surface area contributed by atoms with Gasteiger partial charge < -0.3 is 14.7 Å². The third kappa shape index (κ3) is 2.60. The molecule has 1 N–H and O–H groups in total. The highest BCUT2D eigenvalue weighted by Crippen LogP contribution is 2.56. The minimum absolute atomic E-state index is 0.0553. The summed E-state index contributed by atoms with van der Waals surface area (Å²) in [6.45, 7) is 3.47. The van der Waals surface area contributed by atoms with Crippen LogP contribution in [0.1, 0.15) is 38.2 Å². The van der Waals surface area contributed by atoms with Crippen molar-refractivity contribution < 1.29 is 14.6 Å². The highest BCUT2D eigenvalue weighted by atomic mass is 16.5. The fourth-order valence-electron chi connectivity index (χ4n) is 3.88. The number of likely N-dealkylation sites (tertiary alicyclic amines) is 1. The fraction of sp³-hybridized carbons (Fsp3) is 0.611. The molecule has 1 aliphatic carbocycles. The van der Waals surface area contributed by atoms with Gasteiger partial charge in [-0.3, -0.25) is 4.79 Å². The first-order valence-electron chi connectivity index (χ1n) is 8.09. The molecule has 0 aromatic heterocycles. The molecule has 2 aliphatic rings. The molecule has 1 aliphatic heterocycles. The van der Waals surface area contributed by atoms with Crippen LogP contribution < -0.4 is 4.74 Å². The molecule has 1 aromatic carbocycles. The number of amides is 1. The number of piperidine rings is 1. The van der Waals surface area contributed by atoms with Crippen molar-refractivity contribution in [3.63, 3.8) is 0 Å². The van der Waals surface area contributed by atoms with E-state index >= 15 is 0 Å². The normalized spacial score (nSPS) is 26.6. The predicted octanol–water partition coefficient (Wildman–Crippen LogP) is 2.39. The van der Waals surface area contributed by atoms with E-state index < -0.39 is 5.60 Å². The Kier molecular flexibility index (Phi) is 3.89. The van der Waals surface area contributed by atoms with Gasteiger partial charge in [-0.25, -0.2) is 0 Å². The first-order chi connectivity index (χ1) is 10.5. The number of hydrogen-bond donors (Lipinski definition) is 1. The van der Waals surface area contributed by atoms with Gasteiger partial charge in [0.25, 0.3) is 0 Å². The lowest BCUT2D eigenvalue weighted by molar-refractivity contribution is -0.180. The average Bonchev–Trinajstić information content (AvgIpc) is 2.54. The van der Waals surface area contributed by atoms with Crippen molar-refractivity contribution in [1.29, 1.82) is 0 Å². The number of methoxy groups -OCH3 is 1. The van der Waals surface area contributed by atoms with Gasteiger partial charge in [0.1, 0.15) is 5.75 Å². The number of ether oxygens (including phenoxy) is 1. The Morgan fingerprint density at radius 1 is 1.27 bits per heavy atom. The number of hydrogen-bond acceptors (Lipinski definition) is 3. The predicted molar refractivity (Wildman–Crippen MR) is 84.8 cm³/mol. The molecule has 2 fully saturated rings. The first-order valence-corrected chi connectivity index (χ1v) is 8.09. The summed E-state index contributed by atoms with van der Waals surface area (Å²) in [6.07, 6.45) is 4.25. The minimum Gasteiger partial charge on any atom is -0.497 e. The SMILES string of the molecule is COc1cccc(CC(=O)N2CCC3(CC2)CCC3(C)O)c1. The monoisotopic (exact) mass is 303 g/mol. The maximum Gasteiger partial charge on any atom is 0.226 e. The molecule has 1 saturated heterocycles. The maximum absolute atomic E-state index is 12.5. The second kappa shape index (κ2) is 5.58. The van der Waals surface area contributed by atoms with Crippen LogP contribution in [0.5, 0.6) is 5.75 Å². The Morgan fingerprint density at radius 3 is 2.55 bits per heavy atom. The summed E-state index contributed by atoms with van der Waals surface area (Å²) in [7, 11) is 1.63. The summed E-state index contributed by atoms with van der Waals surface area (Å²) >= 11 is 0. The van der Waals surface area contributed by atoms with E-state index in [-0.39, 0.29) is 11.3 Å². The van der Waals surface area contributed by atoms with Gasteiger partial charge in [0.2, 0.25) is 5.91 Å². The van der Waals surface area contributed by atoms with Crippen LogP contribution in [0, 0.1) is 5.41 Å². The summed E-state index contributed by atoms with van der Waals surface area (Å²) in [5.41, 5.74) is 0.509. The molecule has 3 rings (SSSR count). The molecule has 4 nitrogen and oxygen atoms in total. The van der Waals surface area contributed by atoms with E-state index in [1.807, 2.05) is 36.1 Å². The van der Waals surface area contributed by atoms with Crippen LogP contribution in [0.3, 0.4) is 0 Å². The summed E-state index contributed by atoms with van der Waals surface area (Å²) in [4.78, 5) is 14.4. The molecule has 22 heavy (non-hydrogen) atoms. The summed E-state index contributed by atoms with van der Waals surface area (Å²) in [6, 6.07) is 7.68. The molecular weight excluding hydrogens is 278 g/mol. The van der Waals surface area contributed by atoms with E-state index in [1.54, 1.807) is 7.11 Å². The van der Waals surface area contributed by atoms with Crippen molar-refractivity contribution in [2.75, 3.05) is 20.2 Å². The molecule has 0 radical (unpaired) electrons. The molecule has 1 atom stereocenters. The second-order valence-corrected chi connectivity index (χ2v) is 6.96. The lowest BCUT2D eigenvalue weighted by atomic mass is 9.53. The molecule has 1 saturated carbocycles. The van der Waals surface area contributed by atoms with Gasteiger partial charge in [0.05, 0.1) is 19.1 Å². The highest BCUT2D eigenvalue weighted by Gasteiger charge is 2.55. The molecule has 1 spiro atoms. The summed E-state index contributed by atoms with van der Waals surface area (Å²) in [5.74, 6) is 0.954. The van der Waals surface area contributed by atoms with Crippen molar-refractivity contribution in [1.82, 2.24) is 4.90 Å². The number of carbonyl (C=O) groups excluding carboxylic acids is 1. The Bertz CT molecular complexity index is 559. The molecule has 0 bridgehead atoms. The number of aliphatic hydroxyl groups is 1. The van der Waals surface area contributed by atoms with Gasteiger partial charge in [-0.15, -0.1) is 0 Å². The Balaban J connectivity index is 1.58. The topological polar surface area (TPSA) is 49.8 Å². The van der Waals surface area contributed by atoms with Crippen LogP contribution in [-0.4, -0.2) is 41.7 Å². The molecule has 1 unspecified atom stereocenters. The zero-order valence-corrected chi connectivity index (χ0v) is 13.5. The second-order valence-electron chi connectivity index (χ2n) is 6.96. The van der Waals surface area contributed by atoms with Crippen molar-refractivity contribution >= 4 is 5.91 Å². The van der Waals surface area contributed by atoms with E-state index in [1.165, 1.54) is 0 Å². The van der Waals surface area contributed by atoms with Gasteiger partial charge >= 0.3 is 0 Å². The number of benzene rings is 1. The third-order valence-electron chi connectivity index (χ3n) is 5.80. The van der Waals surface area contributed by atoms with E-state index in [2.05, 4.69) is 0 Å². The summed E-state index contributed by atoms with van der Waals surface area (Å²) < 4.78 is 5.20. The van der Waals surface area contributed by atoms with Crippen LogP contribution in [-0.2, 0) is 11.2 Å². The van der Waals surface area contributed by atoms with Crippen molar-refractivity contribution in [3.8, 4) is 5.75 Å². The standard InChI is InChI=1S/C18H25NO3/c1-17(21)6-7-18(17)8-10-19(11-9-18)16(20)13-14-4-3-5-15(12-14)22-2/h3-5,12,21H,6-11,13H2,1-2H3. The maximum atomic E-state index is 12.5. The van der Waals surface area contributed by atoms with Crippen LogP contribution in [0.4, 0.5) is 0 Å². The zero-order valence-electron chi connectivity index (χ0n) is 13.5. The van der Waals surface area contributed by atoms with Gasteiger partial charge in [-0.2, -0.15) is 0 Å². The lowest BCUT2D eigenvalue weighted by Gasteiger charge is -2.58. The lowest BCUT2D eigenvalue weighted by Crippen LogP contribution is -2.60. The Morgan fingerprint density at radius 2 is 2.00 bits per heavy atom. The van der Waals surface area contributed by atoms with E-state index in [0.717, 1.165) is 50.1 Å². The molecule has 1 heterocycles. The van der Waals surface area contributed by atoms with Gasteiger partial charge in [-0.05, 0) is 50.3 Å². The van der Waals surface area contributed by atoms with Crippen LogP contribution >= 0.6 is 0 Å². The smallest absolute Gasteiger partial charge is 0.226 e. The number of nitrogens with zero attached hydrogens (tertiary/aromatic N) is 1. The van der Waals surface area contributed by atoms with Gasteiger partial charge in [0, 0.05) is 18.5 Å². The number of rotatable bonds is 3. The largest absolute Gasteiger partial charge is 0.497 e. The van der Waals surface area contributed by atoms with Crippen LogP contribution in [0.2, 0.25) is 0 Å². The van der Waals surface area contributed by atoms with Crippen molar-refractivity contribution in [2.24, 2.45) is 5.41 Å². The van der Waals surface area contributed by atoms with Gasteiger partial charge in [0.15, 0.2) is 0 Å². The molecular formula is C18H25NO3. The van der Waals surface area contributed by atoms with Crippen molar-refractivity contribution in [3.05, 3.63) is 29.8 Å². The first kappa shape index (κ1) is 15.3. The van der Waals surface area contributed by atoms with Gasteiger partial charge in [-0.1, -0.05) is 12.1 Å². The van der Waals surface area contributed by atoms with E-state index in [0.29, 0.717) is 6.42 Å². The van der Waals surface area contributed by atoms with E-state index in [9.17, 15) is 9.90 Å². The summed E-state index contributed by atoms with van der Waals surface area (Å²) in [5, 5.41) is 10.4. The minimum atomic E-state index is -0.533. The average molecular weight is 303 g/mol. The number of carbonyl (C=O) groups is 1. The fourth-order valence-corrected chi connectivity index (χ4v) is 3.88. The van der Waals surface area contributed by atoms with Crippen molar-refractivity contribution in [2.45, 2.75) is 44.6 Å². The zero-order chi connectivity index (χ0) is 15.8. The highest BCUT2D eigenvalue weighted by molar-refractivity contribution is 5.79.